The van der Waals surface area contributed by atoms with Crippen molar-refractivity contribution in [1.82, 2.24) is 24.6 Å². The van der Waals surface area contributed by atoms with Crippen LogP contribution >= 0.6 is 0 Å². The number of hydrogen-bond acceptors (Lipinski definition) is 4. The fourth-order valence-electron chi connectivity index (χ4n) is 3.59. The summed E-state index contributed by atoms with van der Waals surface area (Å²) in [6.45, 7) is 0. The lowest BCUT2D eigenvalue weighted by molar-refractivity contribution is 0.400. The predicted molar refractivity (Wildman–Crippen MR) is 91.6 cm³/mol. The first kappa shape index (κ1) is 13.8. The summed E-state index contributed by atoms with van der Waals surface area (Å²) >= 11 is 0. The molecule has 0 aromatic carbocycles. The van der Waals surface area contributed by atoms with E-state index < -0.39 is 0 Å². The molecule has 1 fully saturated rings. The zero-order valence-electron chi connectivity index (χ0n) is 13.5. The lowest BCUT2D eigenvalue weighted by atomic mass is 9.84. The maximum Gasteiger partial charge on any atom is 0.155 e. The summed E-state index contributed by atoms with van der Waals surface area (Å²) in [4.78, 5) is 13.9. The highest BCUT2D eigenvalue weighted by atomic mass is 15.3. The first-order valence-electron chi connectivity index (χ1n) is 8.74. The minimum atomic E-state index is 0.581. The maximum absolute atomic E-state index is 4.94. The average Bonchev–Trinajstić information content (AvgIpc) is 2.92. The number of nitrogens with zero attached hydrogens (tertiary/aromatic N) is 5. The fraction of sp³-hybridized carbons (Fsp3) is 0.368. The third-order valence-corrected chi connectivity index (χ3v) is 5.20. The number of pyridine rings is 1. The molecule has 2 aliphatic carbocycles. The Kier molecular flexibility index (Phi) is 3.18. The molecule has 0 N–H and O–H groups in total. The van der Waals surface area contributed by atoms with Crippen molar-refractivity contribution < 1.29 is 0 Å². The zero-order valence-corrected chi connectivity index (χ0v) is 13.5. The third-order valence-electron chi connectivity index (χ3n) is 5.20. The Hall–Kier alpha value is -2.56. The standard InChI is InChI=1S/C19H19N5/c1-2-7-17-16(10-20-19(23-17)13-4-3-5-13)15(6-1)14-8-9-18-21-12-22-24(18)11-14/h6,8-13H,1-5,7H2. The van der Waals surface area contributed by atoms with Crippen LogP contribution in [0.4, 0.5) is 0 Å². The number of rotatable bonds is 2. The van der Waals surface area contributed by atoms with Crippen molar-refractivity contribution in [2.24, 2.45) is 0 Å². The predicted octanol–water partition coefficient (Wildman–Crippen LogP) is 3.55. The molecule has 3 heterocycles. The summed E-state index contributed by atoms with van der Waals surface area (Å²) in [5.41, 5.74) is 5.62. The summed E-state index contributed by atoms with van der Waals surface area (Å²) in [5.74, 6) is 1.63. The van der Waals surface area contributed by atoms with Gasteiger partial charge in [-0.05, 0) is 49.8 Å². The maximum atomic E-state index is 4.94. The molecule has 120 valence electrons. The number of aromatic nitrogens is 5. The van der Waals surface area contributed by atoms with Crippen molar-refractivity contribution in [2.75, 3.05) is 0 Å². The van der Waals surface area contributed by atoms with E-state index in [0.717, 1.165) is 36.3 Å². The normalized spacial score (nSPS) is 17.9. The van der Waals surface area contributed by atoms with E-state index in [9.17, 15) is 0 Å². The van der Waals surface area contributed by atoms with Gasteiger partial charge >= 0.3 is 0 Å². The molecular formula is C19H19N5. The van der Waals surface area contributed by atoms with Crippen LogP contribution in [-0.2, 0) is 6.42 Å². The van der Waals surface area contributed by atoms with Crippen molar-refractivity contribution in [3.8, 4) is 0 Å². The lowest BCUT2D eigenvalue weighted by Gasteiger charge is -2.24. The number of aryl methyl sites for hydroxylation is 1. The van der Waals surface area contributed by atoms with Crippen molar-refractivity contribution in [1.29, 1.82) is 0 Å². The Labute approximate surface area is 140 Å². The van der Waals surface area contributed by atoms with E-state index in [1.807, 2.05) is 23.0 Å². The van der Waals surface area contributed by atoms with Gasteiger partial charge in [0.1, 0.15) is 12.2 Å². The monoisotopic (exact) mass is 317 g/mol. The molecule has 3 aromatic heterocycles. The summed E-state index contributed by atoms with van der Waals surface area (Å²) in [5, 5.41) is 4.26. The van der Waals surface area contributed by atoms with Gasteiger partial charge in [0.05, 0.1) is 5.69 Å². The molecule has 0 aliphatic heterocycles. The highest BCUT2D eigenvalue weighted by molar-refractivity contribution is 5.81. The Morgan fingerprint density at radius 2 is 2.04 bits per heavy atom. The Balaban J connectivity index is 1.60. The van der Waals surface area contributed by atoms with Crippen LogP contribution in [0.15, 0.2) is 36.9 Å². The second-order valence-electron chi connectivity index (χ2n) is 6.71. The molecule has 0 radical (unpaired) electrons. The van der Waals surface area contributed by atoms with Gasteiger partial charge in [-0.15, -0.1) is 0 Å². The van der Waals surface area contributed by atoms with Crippen LogP contribution < -0.4 is 0 Å². The molecule has 3 aromatic rings. The van der Waals surface area contributed by atoms with Crippen LogP contribution in [0.25, 0.3) is 11.2 Å². The van der Waals surface area contributed by atoms with Crippen LogP contribution in [0.2, 0.25) is 0 Å². The van der Waals surface area contributed by atoms with Gasteiger partial charge in [0, 0.05) is 29.4 Å². The number of hydrogen-bond donors (Lipinski definition) is 0. The Bertz CT molecular complexity index is 936. The summed E-state index contributed by atoms with van der Waals surface area (Å²) in [6.07, 6.45) is 15.0. The minimum absolute atomic E-state index is 0.581. The van der Waals surface area contributed by atoms with Gasteiger partial charge in [-0.1, -0.05) is 12.5 Å². The van der Waals surface area contributed by atoms with E-state index >= 15 is 0 Å². The largest absolute Gasteiger partial charge is 0.240 e. The molecule has 1 saturated carbocycles. The highest BCUT2D eigenvalue weighted by Gasteiger charge is 2.24. The van der Waals surface area contributed by atoms with Crippen LogP contribution in [-0.4, -0.2) is 24.6 Å². The molecule has 5 rings (SSSR count). The van der Waals surface area contributed by atoms with Gasteiger partial charge in [0.25, 0.3) is 0 Å². The molecule has 0 atom stereocenters. The smallest absolute Gasteiger partial charge is 0.155 e. The molecule has 24 heavy (non-hydrogen) atoms. The minimum Gasteiger partial charge on any atom is -0.240 e. The van der Waals surface area contributed by atoms with Gasteiger partial charge in [0.2, 0.25) is 0 Å². The first-order valence-corrected chi connectivity index (χ1v) is 8.74. The lowest BCUT2D eigenvalue weighted by Crippen LogP contribution is -2.14. The van der Waals surface area contributed by atoms with Gasteiger partial charge in [-0.25, -0.2) is 19.5 Å². The van der Waals surface area contributed by atoms with Crippen LogP contribution in [0, 0.1) is 0 Å². The molecule has 5 heteroatoms. The summed E-state index contributed by atoms with van der Waals surface area (Å²) < 4.78 is 1.82. The third kappa shape index (κ3) is 2.23. The summed E-state index contributed by atoms with van der Waals surface area (Å²) in [6, 6.07) is 4.13. The first-order chi connectivity index (χ1) is 11.9. The van der Waals surface area contributed by atoms with E-state index in [1.54, 1.807) is 6.33 Å². The summed E-state index contributed by atoms with van der Waals surface area (Å²) in [7, 11) is 0. The second-order valence-corrected chi connectivity index (χ2v) is 6.71. The number of fused-ring (bicyclic) bond motifs is 2. The van der Waals surface area contributed by atoms with Gasteiger partial charge in [-0.2, -0.15) is 5.10 Å². The molecule has 0 saturated heterocycles. The molecular weight excluding hydrogens is 298 g/mol. The van der Waals surface area contributed by atoms with Crippen LogP contribution in [0.1, 0.15) is 60.7 Å². The SMILES string of the molecule is C1=C(c2ccc3ncnn3c2)c2cnc(C3CCC3)nc2CCC1. The van der Waals surface area contributed by atoms with Crippen molar-refractivity contribution in [3.05, 3.63) is 59.6 Å². The Morgan fingerprint density at radius 3 is 2.92 bits per heavy atom. The van der Waals surface area contributed by atoms with Crippen molar-refractivity contribution in [2.45, 2.75) is 44.4 Å². The van der Waals surface area contributed by atoms with Gasteiger partial charge in [-0.3, -0.25) is 0 Å². The second kappa shape index (κ2) is 5.51. The molecule has 0 unspecified atom stereocenters. The zero-order chi connectivity index (χ0) is 15.9. The van der Waals surface area contributed by atoms with Crippen LogP contribution in [0.5, 0.6) is 0 Å². The van der Waals surface area contributed by atoms with Crippen molar-refractivity contribution >= 4 is 11.2 Å². The number of allylic oxidation sites excluding steroid dienone is 1. The quantitative estimate of drug-likeness (QED) is 0.725. The van der Waals surface area contributed by atoms with E-state index in [4.69, 9.17) is 9.97 Å². The fourth-order valence-corrected chi connectivity index (χ4v) is 3.59. The van der Waals surface area contributed by atoms with E-state index in [0.29, 0.717) is 5.92 Å². The molecule has 2 aliphatic rings. The molecule has 0 amide bonds. The van der Waals surface area contributed by atoms with E-state index in [-0.39, 0.29) is 0 Å². The van der Waals surface area contributed by atoms with Crippen molar-refractivity contribution in [3.63, 3.8) is 0 Å². The molecule has 0 bridgehead atoms. The topological polar surface area (TPSA) is 56.0 Å². The highest BCUT2D eigenvalue weighted by Crippen LogP contribution is 2.36. The van der Waals surface area contributed by atoms with E-state index in [1.165, 1.54) is 36.1 Å². The molecule has 5 nitrogen and oxygen atoms in total. The molecule has 0 spiro atoms. The Morgan fingerprint density at radius 1 is 1.08 bits per heavy atom. The van der Waals surface area contributed by atoms with Gasteiger partial charge in [0.15, 0.2) is 5.65 Å². The van der Waals surface area contributed by atoms with Crippen LogP contribution in [0.3, 0.4) is 0 Å². The average molecular weight is 317 g/mol. The van der Waals surface area contributed by atoms with E-state index in [2.05, 4.69) is 22.2 Å². The van der Waals surface area contributed by atoms with Gasteiger partial charge < -0.3 is 0 Å².